The molecule has 2 N–H and O–H groups in total. The first-order valence-electron chi connectivity index (χ1n) is 5.78. The van der Waals surface area contributed by atoms with Gasteiger partial charge in [-0.3, -0.25) is 0 Å². The fourth-order valence-corrected chi connectivity index (χ4v) is 2.60. The number of fused-ring (bicyclic) bond motifs is 3. The molecule has 1 aliphatic carbocycles. The molecule has 0 aromatic carbocycles. The van der Waals surface area contributed by atoms with Gasteiger partial charge in [0.1, 0.15) is 11.3 Å². The summed E-state index contributed by atoms with van der Waals surface area (Å²) >= 11 is 0. The minimum atomic E-state index is 0.583. The van der Waals surface area contributed by atoms with Crippen LogP contribution >= 0.6 is 0 Å². The fraction of sp³-hybridized carbons (Fsp3) is 0.500. The second-order valence-electron chi connectivity index (χ2n) is 4.54. The monoisotopic (exact) mass is 216 g/mol. The predicted molar refractivity (Wildman–Crippen MR) is 64.3 cm³/mol. The van der Waals surface area contributed by atoms with E-state index >= 15 is 0 Å². The number of rotatable bonds is 0. The third-order valence-corrected chi connectivity index (χ3v) is 3.54. The highest BCUT2D eigenvalue weighted by atomic mass is 15.1. The largest absolute Gasteiger partial charge is 0.382 e. The Hall–Kier alpha value is -1.58. The van der Waals surface area contributed by atoms with Gasteiger partial charge < -0.3 is 10.3 Å². The number of hydrogen-bond acceptors (Lipinski definition) is 3. The maximum Gasteiger partial charge on any atom is 0.151 e. The van der Waals surface area contributed by atoms with Crippen molar-refractivity contribution >= 4 is 16.9 Å². The van der Waals surface area contributed by atoms with Gasteiger partial charge in [0.05, 0.1) is 5.52 Å². The normalized spacial score (nSPS) is 15.4. The van der Waals surface area contributed by atoms with Gasteiger partial charge >= 0.3 is 0 Å². The van der Waals surface area contributed by atoms with Gasteiger partial charge in [-0.1, -0.05) is 0 Å². The molecular formula is C12H16N4. The van der Waals surface area contributed by atoms with Crippen molar-refractivity contribution in [3.63, 3.8) is 0 Å². The van der Waals surface area contributed by atoms with E-state index in [1.807, 2.05) is 6.92 Å². The number of anilines is 1. The fourth-order valence-electron chi connectivity index (χ4n) is 2.60. The Labute approximate surface area is 94.5 Å². The molecule has 1 aliphatic rings. The number of nitrogens with zero attached hydrogens (tertiary/aromatic N) is 3. The minimum absolute atomic E-state index is 0.583. The van der Waals surface area contributed by atoms with Gasteiger partial charge in [0, 0.05) is 12.7 Å². The molecule has 0 radical (unpaired) electrons. The molecule has 0 saturated heterocycles. The summed E-state index contributed by atoms with van der Waals surface area (Å²) in [6, 6.07) is 0. The van der Waals surface area contributed by atoms with Crippen LogP contribution in [0.4, 0.5) is 5.82 Å². The maximum absolute atomic E-state index is 5.98. The van der Waals surface area contributed by atoms with Gasteiger partial charge in [0.15, 0.2) is 5.82 Å². The van der Waals surface area contributed by atoms with E-state index in [1.54, 1.807) is 0 Å². The van der Waals surface area contributed by atoms with E-state index in [0.717, 1.165) is 24.2 Å². The molecule has 0 amide bonds. The zero-order valence-electron chi connectivity index (χ0n) is 9.75. The van der Waals surface area contributed by atoms with E-state index in [9.17, 15) is 0 Å². The zero-order chi connectivity index (χ0) is 11.3. The molecule has 3 rings (SSSR count). The Morgan fingerprint density at radius 1 is 1.19 bits per heavy atom. The number of pyridine rings is 1. The van der Waals surface area contributed by atoms with Gasteiger partial charge in [-0.2, -0.15) is 0 Å². The number of nitrogens with two attached hydrogens (primary N) is 1. The number of nitrogen functional groups attached to an aromatic ring is 1. The molecular weight excluding hydrogens is 200 g/mol. The average molecular weight is 216 g/mol. The highest BCUT2D eigenvalue weighted by molar-refractivity contribution is 5.88. The molecule has 4 heteroatoms. The molecule has 16 heavy (non-hydrogen) atoms. The standard InChI is InChI=1S/C12H16N4/c1-7-14-10-11(16(7)2)8-5-3-4-6-9(8)15-12(10)13/h3-6H2,1-2H3,(H2,13,15). The van der Waals surface area contributed by atoms with Crippen molar-refractivity contribution in [1.29, 1.82) is 0 Å². The SMILES string of the molecule is Cc1nc2c(N)nc3c(c2n1C)CCCC3. The van der Waals surface area contributed by atoms with E-state index in [-0.39, 0.29) is 0 Å². The van der Waals surface area contributed by atoms with E-state index in [0.29, 0.717) is 5.82 Å². The van der Waals surface area contributed by atoms with Crippen molar-refractivity contribution < 1.29 is 0 Å². The first-order chi connectivity index (χ1) is 7.68. The van der Waals surface area contributed by atoms with E-state index < -0.39 is 0 Å². The first-order valence-corrected chi connectivity index (χ1v) is 5.78. The molecule has 0 spiro atoms. The van der Waals surface area contributed by atoms with Crippen LogP contribution in [0.3, 0.4) is 0 Å². The van der Waals surface area contributed by atoms with Crippen LogP contribution in [0.15, 0.2) is 0 Å². The number of aryl methyl sites for hydroxylation is 4. The number of aromatic nitrogens is 3. The third kappa shape index (κ3) is 1.16. The van der Waals surface area contributed by atoms with E-state index in [4.69, 9.17) is 5.73 Å². The summed E-state index contributed by atoms with van der Waals surface area (Å²) in [6.07, 6.45) is 4.64. The number of hydrogen-bond donors (Lipinski definition) is 1. The van der Waals surface area contributed by atoms with Crippen LogP contribution in [0.1, 0.15) is 29.9 Å². The molecule has 2 aromatic rings. The second kappa shape index (κ2) is 3.20. The molecule has 2 aromatic heterocycles. The van der Waals surface area contributed by atoms with Gasteiger partial charge in [-0.05, 0) is 38.2 Å². The molecule has 0 fully saturated rings. The van der Waals surface area contributed by atoms with Crippen LogP contribution in [0.2, 0.25) is 0 Å². The summed E-state index contributed by atoms with van der Waals surface area (Å²) in [5, 5.41) is 0. The van der Waals surface area contributed by atoms with Crippen LogP contribution in [0.5, 0.6) is 0 Å². The predicted octanol–water partition coefficient (Wildman–Crippen LogP) is 1.74. The molecule has 0 atom stereocenters. The minimum Gasteiger partial charge on any atom is -0.382 e. The van der Waals surface area contributed by atoms with Crippen LogP contribution in [-0.2, 0) is 19.9 Å². The van der Waals surface area contributed by atoms with Crippen molar-refractivity contribution in [2.45, 2.75) is 32.6 Å². The summed E-state index contributed by atoms with van der Waals surface area (Å²) in [5.41, 5.74) is 10.6. The smallest absolute Gasteiger partial charge is 0.151 e. The van der Waals surface area contributed by atoms with Gasteiger partial charge in [-0.15, -0.1) is 0 Å². The quantitative estimate of drug-likeness (QED) is 0.729. The van der Waals surface area contributed by atoms with Gasteiger partial charge in [0.25, 0.3) is 0 Å². The Bertz CT molecular complexity index is 568. The topological polar surface area (TPSA) is 56.7 Å². The van der Waals surface area contributed by atoms with Crippen LogP contribution in [0.25, 0.3) is 11.0 Å². The Balaban J connectivity index is 2.44. The Kier molecular flexibility index (Phi) is 1.93. The highest BCUT2D eigenvalue weighted by Crippen LogP contribution is 2.30. The molecule has 2 heterocycles. The van der Waals surface area contributed by atoms with Crippen molar-refractivity contribution in [3.8, 4) is 0 Å². The summed E-state index contributed by atoms with van der Waals surface area (Å²) in [6.45, 7) is 2.01. The molecule has 4 nitrogen and oxygen atoms in total. The maximum atomic E-state index is 5.98. The van der Waals surface area contributed by atoms with E-state index in [1.165, 1.54) is 29.6 Å². The number of imidazole rings is 1. The summed E-state index contributed by atoms with van der Waals surface area (Å²) in [5.74, 6) is 1.59. The van der Waals surface area contributed by atoms with Gasteiger partial charge in [-0.25, -0.2) is 9.97 Å². The summed E-state index contributed by atoms with van der Waals surface area (Å²) in [7, 11) is 2.05. The van der Waals surface area contributed by atoms with Crippen LogP contribution in [0, 0.1) is 6.92 Å². The average Bonchev–Trinajstić information content (AvgIpc) is 2.57. The third-order valence-electron chi connectivity index (χ3n) is 3.54. The second-order valence-corrected chi connectivity index (χ2v) is 4.54. The van der Waals surface area contributed by atoms with Crippen LogP contribution < -0.4 is 5.73 Å². The summed E-state index contributed by atoms with van der Waals surface area (Å²) in [4.78, 5) is 8.99. The molecule has 84 valence electrons. The van der Waals surface area contributed by atoms with Crippen LogP contribution in [-0.4, -0.2) is 14.5 Å². The molecule has 0 unspecified atom stereocenters. The van der Waals surface area contributed by atoms with Crippen molar-refractivity contribution in [2.75, 3.05) is 5.73 Å². The Morgan fingerprint density at radius 3 is 2.75 bits per heavy atom. The Morgan fingerprint density at radius 2 is 1.94 bits per heavy atom. The molecule has 0 saturated carbocycles. The zero-order valence-corrected chi connectivity index (χ0v) is 9.75. The van der Waals surface area contributed by atoms with Gasteiger partial charge in [0.2, 0.25) is 0 Å². The lowest BCUT2D eigenvalue weighted by molar-refractivity contribution is 0.670. The van der Waals surface area contributed by atoms with Crippen molar-refractivity contribution in [1.82, 2.24) is 14.5 Å². The van der Waals surface area contributed by atoms with E-state index in [2.05, 4.69) is 21.6 Å². The van der Waals surface area contributed by atoms with Crippen molar-refractivity contribution in [2.24, 2.45) is 7.05 Å². The molecule has 0 bridgehead atoms. The lowest BCUT2D eigenvalue weighted by Gasteiger charge is -2.16. The lowest BCUT2D eigenvalue weighted by atomic mass is 9.95. The lowest BCUT2D eigenvalue weighted by Crippen LogP contribution is -2.09. The summed E-state index contributed by atoms with van der Waals surface area (Å²) < 4.78 is 2.14. The molecule has 0 aliphatic heterocycles. The highest BCUT2D eigenvalue weighted by Gasteiger charge is 2.19. The first kappa shape index (κ1) is 9.63. The van der Waals surface area contributed by atoms with Crippen molar-refractivity contribution in [3.05, 3.63) is 17.1 Å².